The fourth-order valence-electron chi connectivity index (χ4n) is 0.644. The summed E-state index contributed by atoms with van der Waals surface area (Å²) in [5, 5.41) is 9.21. The first kappa shape index (κ1) is 13.2. The number of rotatable bonds is 4. The van der Waals surface area contributed by atoms with Crippen LogP contribution in [0, 0.1) is 0 Å². The highest BCUT2D eigenvalue weighted by Gasteiger charge is 2.34. The van der Waals surface area contributed by atoms with Gasteiger partial charge in [0.1, 0.15) is 6.61 Å². The molecule has 0 radical (unpaired) electrons. The number of ether oxygens (including phenoxy) is 2. The van der Waals surface area contributed by atoms with Gasteiger partial charge in [-0.3, -0.25) is 0 Å². The van der Waals surface area contributed by atoms with Gasteiger partial charge >= 0.3 is 12.1 Å². The molecular weight excluding hydrogens is 205 g/mol. The van der Waals surface area contributed by atoms with Crippen molar-refractivity contribution in [2.75, 3.05) is 20.3 Å². The zero-order valence-corrected chi connectivity index (χ0v) is 7.72. The van der Waals surface area contributed by atoms with Crippen LogP contribution in [-0.2, 0) is 14.3 Å². The van der Waals surface area contributed by atoms with Crippen LogP contribution in [0.4, 0.5) is 13.2 Å². The number of methoxy groups -OCH3 is 1. The normalized spacial score (nSPS) is 16.1. The van der Waals surface area contributed by atoms with E-state index in [4.69, 9.17) is 0 Å². The van der Waals surface area contributed by atoms with Gasteiger partial charge < -0.3 is 14.6 Å². The van der Waals surface area contributed by atoms with E-state index >= 15 is 0 Å². The van der Waals surface area contributed by atoms with Crippen LogP contribution in [0.5, 0.6) is 0 Å². The number of hydrogen-bond acceptors (Lipinski definition) is 4. The van der Waals surface area contributed by atoms with E-state index in [1.54, 1.807) is 0 Å². The molecule has 0 saturated carbocycles. The summed E-state index contributed by atoms with van der Waals surface area (Å²) in [6.07, 6.45) is -4.48. The van der Waals surface area contributed by atoms with E-state index in [-0.39, 0.29) is 0 Å². The van der Waals surface area contributed by atoms with Crippen molar-refractivity contribution in [2.24, 2.45) is 0 Å². The van der Waals surface area contributed by atoms with Gasteiger partial charge in [-0.25, -0.2) is 4.79 Å². The van der Waals surface area contributed by atoms with Crippen molar-refractivity contribution in [1.29, 1.82) is 0 Å². The van der Waals surface area contributed by atoms with E-state index in [9.17, 15) is 23.1 Å². The second-order valence-electron chi connectivity index (χ2n) is 2.87. The molecule has 0 aromatic carbocycles. The SMILES string of the molecule is COC(=O)C(C)(O)COCC(F)(F)F. The van der Waals surface area contributed by atoms with Crippen molar-refractivity contribution in [3.8, 4) is 0 Å². The van der Waals surface area contributed by atoms with Crippen LogP contribution in [0.2, 0.25) is 0 Å². The smallest absolute Gasteiger partial charge is 0.411 e. The Hall–Kier alpha value is -0.820. The van der Waals surface area contributed by atoms with Gasteiger partial charge in [-0.05, 0) is 6.92 Å². The quantitative estimate of drug-likeness (QED) is 0.695. The highest BCUT2D eigenvalue weighted by atomic mass is 19.4. The number of carbonyl (C=O) groups excluding carboxylic acids is 1. The van der Waals surface area contributed by atoms with Gasteiger partial charge in [0.05, 0.1) is 13.7 Å². The molecule has 0 amide bonds. The number of alkyl halides is 3. The molecule has 0 spiro atoms. The minimum atomic E-state index is -4.48. The fraction of sp³-hybridized carbons (Fsp3) is 0.857. The third kappa shape index (κ3) is 5.03. The Kier molecular flexibility index (Phi) is 4.34. The Bertz CT molecular complexity index is 200. The number of aliphatic hydroxyl groups is 1. The van der Waals surface area contributed by atoms with Crippen LogP contribution in [0.3, 0.4) is 0 Å². The molecule has 0 heterocycles. The molecule has 1 unspecified atom stereocenters. The van der Waals surface area contributed by atoms with Gasteiger partial charge in [0, 0.05) is 0 Å². The molecule has 0 bridgehead atoms. The Morgan fingerprint density at radius 1 is 1.36 bits per heavy atom. The molecule has 0 aromatic rings. The Morgan fingerprint density at radius 3 is 2.21 bits per heavy atom. The van der Waals surface area contributed by atoms with Gasteiger partial charge in [-0.1, -0.05) is 0 Å². The second kappa shape index (κ2) is 4.61. The average Bonchev–Trinajstić information content (AvgIpc) is 2.00. The molecule has 84 valence electrons. The standard InChI is InChI=1S/C7H11F3O4/c1-6(12,5(11)13-2)3-14-4-7(8,9)10/h12H,3-4H2,1-2H3. The predicted octanol–water partition coefficient (Wildman–Crippen LogP) is 0.489. The van der Waals surface area contributed by atoms with Crippen LogP contribution in [0.1, 0.15) is 6.92 Å². The van der Waals surface area contributed by atoms with Gasteiger partial charge in [-0.15, -0.1) is 0 Å². The van der Waals surface area contributed by atoms with E-state index in [0.717, 1.165) is 14.0 Å². The van der Waals surface area contributed by atoms with E-state index in [2.05, 4.69) is 9.47 Å². The van der Waals surface area contributed by atoms with Crippen LogP contribution in [0.25, 0.3) is 0 Å². The maximum absolute atomic E-state index is 11.6. The average molecular weight is 216 g/mol. The summed E-state index contributed by atoms with van der Waals surface area (Å²) in [6.45, 7) is -1.27. The molecular formula is C7H11F3O4. The Balaban J connectivity index is 3.94. The minimum Gasteiger partial charge on any atom is -0.467 e. The minimum absolute atomic E-state index is 0.765. The molecule has 0 aliphatic heterocycles. The summed E-state index contributed by atoms with van der Waals surface area (Å²) in [4.78, 5) is 10.8. The summed E-state index contributed by atoms with van der Waals surface area (Å²) < 4.78 is 43.0. The number of hydrogen-bond donors (Lipinski definition) is 1. The molecule has 4 nitrogen and oxygen atoms in total. The molecule has 14 heavy (non-hydrogen) atoms. The molecule has 0 aliphatic rings. The van der Waals surface area contributed by atoms with Gasteiger partial charge in [-0.2, -0.15) is 13.2 Å². The molecule has 1 N–H and O–H groups in total. The number of halogens is 3. The van der Waals surface area contributed by atoms with Crippen molar-refractivity contribution < 1.29 is 32.5 Å². The second-order valence-corrected chi connectivity index (χ2v) is 2.87. The lowest BCUT2D eigenvalue weighted by atomic mass is 10.1. The van der Waals surface area contributed by atoms with Gasteiger partial charge in [0.25, 0.3) is 0 Å². The highest BCUT2D eigenvalue weighted by molar-refractivity contribution is 5.78. The molecule has 0 aliphatic carbocycles. The first-order valence-corrected chi connectivity index (χ1v) is 3.64. The number of esters is 1. The number of carbonyl (C=O) groups is 1. The van der Waals surface area contributed by atoms with Crippen LogP contribution in [-0.4, -0.2) is 43.2 Å². The summed E-state index contributed by atoms with van der Waals surface area (Å²) in [7, 11) is 1.01. The first-order valence-electron chi connectivity index (χ1n) is 3.64. The summed E-state index contributed by atoms with van der Waals surface area (Å²) in [5.74, 6) is -1.04. The van der Waals surface area contributed by atoms with E-state index in [1.165, 1.54) is 0 Å². The zero-order chi connectivity index (χ0) is 11.4. The molecule has 0 rings (SSSR count). The molecule has 0 saturated heterocycles. The predicted molar refractivity (Wildman–Crippen MR) is 39.5 cm³/mol. The third-order valence-corrected chi connectivity index (χ3v) is 1.27. The zero-order valence-electron chi connectivity index (χ0n) is 7.72. The maximum atomic E-state index is 11.6. The van der Waals surface area contributed by atoms with Gasteiger partial charge in [0.2, 0.25) is 0 Å². The molecule has 1 atom stereocenters. The topological polar surface area (TPSA) is 55.8 Å². The fourth-order valence-corrected chi connectivity index (χ4v) is 0.644. The molecule has 0 aromatic heterocycles. The van der Waals surface area contributed by atoms with E-state index in [0.29, 0.717) is 0 Å². The lowest BCUT2D eigenvalue weighted by Gasteiger charge is -2.20. The monoisotopic (exact) mass is 216 g/mol. The summed E-state index contributed by atoms with van der Waals surface area (Å²) in [6, 6.07) is 0. The largest absolute Gasteiger partial charge is 0.467 e. The summed E-state index contributed by atoms with van der Waals surface area (Å²) in [5.41, 5.74) is -2.06. The maximum Gasteiger partial charge on any atom is 0.411 e. The third-order valence-electron chi connectivity index (χ3n) is 1.27. The first-order chi connectivity index (χ1) is 6.19. The molecule has 7 heteroatoms. The van der Waals surface area contributed by atoms with Crippen molar-refractivity contribution in [3.63, 3.8) is 0 Å². The van der Waals surface area contributed by atoms with E-state index < -0.39 is 31.0 Å². The highest BCUT2D eigenvalue weighted by Crippen LogP contribution is 2.16. The van der Waals surface area contributed by atoms with Crippen LogP contribution >= 0.6 is 0 Å². The van der Waals surface area contributed by atoms with Crippen molar-refractivity contribution in [2.45, 2.75) is 18.7 Å². The lowest BCUT2D eigenvalue weighted by Crippen LogP contribution is -2.41. The summed E-state index contributed by atoms with van der Waals surface area (Å²) >= 11 is 0. The van der Waals surface area contributed by atoms with Crippen molar-refractivity contribution >= 4 is 5.97 Å². The van der Waals surface area contributed by atoms with Crippen LogP contribution in [0.15, 0.2) is 0 Å². The molecule has 0 fully saturated rings. The lowest BCUT2D eigenvalue weighted by molar-refractivity contribution is -0.194. The Labute approximate surface area is 78.6 Å². The van der Waals surface area contributed by atoms with Crippen LogP contribution < -0.4 is 0 Å². The van der Waals surface area contributed by atoms with E-state index in [1.807, 2.05) is 0 Å². The Morgan fingerprint density at radius 2 is 1.86 bits per heavy atom. The van der Waals surface area contributed by atoms with Gasteiger partial charge in [0.15, 0.2) is 5.60 Å². The van der Waals surface area contributed by atoms with Crippen molar-refractivity contribution in [1.82, 2.24) is 0 Å². The van der Waals surface area contributed by atoms with Crippen molar-refractivity contribution in [3.05, 3.63) is 0 Å².